The summed E-state index contributed by atoms with van der Waals surface area (Å²) < 4.78 is 5.78. The minimum Gasteiger partial charge on any atom is -0.487 e. The number of hydrogen-bond acceptors (Lipinski definition) is 3. The van der Waals surface area contributed by atoms with Gasteiger partial charge in [-0.05, 0) is 31.5 Å². The lowest BCUT2D eigenvalue weighted by atomic mass is 10.2. The van der Waals surface area contributed by atoms with Crippen molar-refractivity contribution < 1.29 is 9.53 Å². The first kappa shape index (κ1) is 15.8. The summed E-state index contributed by atoms with van der Waals surface area (Å²) in [4.78, 5) is 11.5. The van der Waals surface area contributed by atoms with Gasteiger partial charge in [0.15, 0.2) is 0 Å². The minimum atomic E-state index is -0.0817. The largest absolute Gasteiger partial charge is 0.487 e. The molecule has 0 bridgehead atoms. The van der Waals surface area contributed by atoms with Gasteiger partial charge >= 0.3 is 0 Å². The van der Waals surface area contributed by atoms with E-state index < -0.39 is 0 Å². The molecule has 1 rings (SSSR count). The first-order valence-corrected chi connectivity index (χ1v) is 6.93. The second-order valence-electron chi connectivity index (χ2n) is 4.27. The molecule has 1 amide bonds. The quantitative estimate of drug-likeness (QED) is 0.770. The summed E-state index contributed by atoms with van der Waals surface area (Å²) in [6, 6.07) is 7.32. The lowest BCUT2D eigenvalue weighted by Gasteiger charge is -2.19. The highest BCUT2D eigenvalue weighted by molar-refractivity contribution is 6.32. The predicted molar refractivity (Wildman–Crippen MR) is 77.5 cm³/mol. The maximum absolute atomic E-state index is 11.5. The van der Waals surface area contributed by atoms with E-state index in [1.807, 2.05) is 25.1 Å². The number of halogens is 1. The Kier molecular flexibility index (Phi) is 7.30. The molecule has 5 heteroatoms. The molecule has 0 aliphatic carbocycles. The lowest BCUT2D eigenvalue weighted by Crippen LogP contribution is -2.35. The predicted octanol–water partition coefficient (Wildman–Crippen LogP) is 2.35. The molecule has 0 aromatic heterocycles. The lowest BCUT2D eigenvalue weighted by molar-refractivity contribution is -0.121. The van der Waals surface area contributed by atoms with Crippen molar-refractivity contribution in [2.75, 3.05) is 13.1 Å². The van der Waals surface area contributed by atoms with E-state index in [1.165, 1.54) is 0 Å². The average Bonchev–Trinajstić information content (AvgIpc) is 2.43. The summed E-state index contributed by atoms with van der Waals surface area (Å²) in [5.74, 6) is 0.652. The van der Waals surface area contributed by atoms with Crippen LogP contribution in [0.3, 0.4) is 0 Å². The molecule has 0 saturated heterocycles. The number of benzene rings is 1. The highest BCUT2D eigenvalue weighted by Gasteiger charge is 2.11. The Labute approximate surface area is 119 Å². The molecule has 1 aromatic carbocycles. The minimum absolute atomic E-state index is 0.00617. The van der Waals surface area contributed by atoms with Gasteiger partial charge in [-0.15, -0.1) is 0 Å². The van der Waals surface area contributed by atoms with Gasteiger partial charge in [-0.2, -0.15) is 0 Å². The summed E-state index contributed by atoms with van der Waals surface area (Å²) in [5, 5.41) is 3.42. The van der Waals surface area contributed by atoms with Crippen LogP contribution in [0.15, 0.2) is 24.3 Å². The molecule has 3 N–H and O–H groups in total. The fourth-order valence-corrected chi connectivity index (χ4v) is 1.75. The Morgan fingerprint density at radius 1 is 1.47 bits per heavy atom. The molecule has 0 aliphatic rings. The fraction of sp³-hybridized carbons (Fsp3) is 0.500. The van der Waals surface area contributed by atoms with Gasteiger partial charge in [0.25, 0.3) is 0 Å². The number of carbonyl (C=O) groups is 1. The van der Waals surface area contributed by atoms with Gasteiger partial charge in [-0.3, -0.25) is 4.79 Å². The van der Waals surface area contributed by atoms with Crippen molar-refractivity contribution in [3.8, 4) is 5.75 Å². The molecule has 0 radical (unpaired) electrons. The van der Waals surface area contributed by atoms with E-state index in [-0.39, 0.29) is 12.0 Å². The van der Waals surface area contributed by atoms with Gasteiger partial charge in [-0.25, -0.2) is 0 Å². The second-order valence-corrected chi connectivity index (χ2v) is 4.68. The Hall–Kier alpha value is -1.26. The molecule has 4 nitrogen and oxygen atoms in total. The maximum atomic E-state index is 11.5. The first-order chi connectivity index (χ1) is 9.17. The van der Waals surface area contributed by atoms with Gasteiger partial charge in [0, 0.05) is 6.42 Å². The summed E-state index contributed by atoms with van der Waals surface area (Å²) in [7, 11) is 0. The zero-order chi connectivity index (χ0) is 14.1. The topological polar surface area (TPSA) is 64.4 Å². The molecule has 0 aliphatic heterocycles. The number of rotatable bonds is 8. The SMILES string of the molecule is CCC(CNC(=O)CCCN)Oc1ccccc1Cl. The van der Waals surface area contributed by atoms with Crippen LogP contribution in [-0.4, -0.2) is 25.1 Å². The summed E-state index contributed by atoms with van der Waals surface area (Å²) >= 11 is 6.03. The average molecular weight is 285 g/mol. The smallest absolute Gasteiger partial charge is 0.220 e. The van der Waals surface area contributed by atoms with Crippen LogP contribution in [0, 0.1) is 0 Å². The van der Waals surface area contributed by atoms with Crippen LogP contribution in [0.4, 0.5) is 0 Å². The van der Waals surface area contributed by atoms with Crippen LogP contribution < -0.4 is 15.8 Å². The van der Waals surface area contributed by atoms with Crippen molar-refractivity contribution in [2.45, 2.75) is 32.3 Å². The number of carbonyl (C=O) groups excluding carboxylic acids is 1. The highest BCUT2D eigenvalue weighted by Crippen LogP contribution is 2.24. The van der Waals surface area contributed by atoms with E-state index in [0.717, 1.165) is 6.42 Å². The normalized spacial score (nSPS) is 11.9. The molecular formula is C14H21ClN2O2. The molecule has 1 atom stereocenters. The zero-order valence-electron chi connectivity index (χ0n) is 11.2. The van der Waals surface area contributed by atoms with Gasteiger partial charge in [0.1, 0.15) is 11.9 Å². The molecule has 0 saturated carbocycles. The Balaban J connectivity index is 2.42. The molecule has 0 fully saturated rings. The summed E-state index contributed by atoms with van der Waals surface area (Å²) in [6.45, 7) is 3.01. The van der Waals surface area contributed by atoms with E-state index in [0.29, 0.717) is 36.7 Å². The zero-order valence-corrected chi connectivity index (χ0v) is 12.0. The molecular weight excluding hydrogens is 264 g/mol. The van der Waals surface area contributed by atoms with Crippen molar-refractivity contribution in [2.24, 2.45) is 5.73 Å². The number of nitrogens with two attached hydrogens (primary N) is 1. The van der Waals surface area contributed by atoms with Crippen molar-refractivity contribution >= 4 is 17.5 Å². The standard InChI is InChI=1S/C14H21ClN2O2/c1-2-11(10-17-14(18)8-5-9-16)19-13-7-4-3-6-12(13)15/h3-4,6-7,11H,2,5,8-10,16H2,1H3,(H,17,18). The van der Waals surface area contributed by atoms with Crippen molar-refractivity contribution in [1.29, 1.82) is 0 Å². The van der Waals surface area contributed by atoms with Crippen LogP contribution in [0.2, 0.25) is 5.02 Å². The Bertz CT molecular complexity index is 399. The van der Waals surface area contributed by atoms with Gasteiger partial charge in [-0.1, -0.05) is 30.7 Å². The molecule has 1 aromatic rings. The monoisotopic (exact) mass is 284 g/mol. The molecule has 19 heavy (non-hydrogen) atoms. The Morgan fingerprint density at radius 3 is 2.84 bits per heavy atom. The van der Waals surface area contributed by atoms with Gasteiger partial charge < -0.3 is 15.8 Å². The maximum Gasteiger partial charge on any atom is 0.220 e. The first-order valence-electron chi connectivity index (χ1n) is 6.55. The van der Waals surface area contributed by atoms with Crippen LogP contribution in [0.1, 0.15) is 26.2 Å². The van der Waals surface area contributed by atoms with Crippen molar-refractivity contribution in [3.63, 3.8) is 0 Å². The van der Waals surface area contributed by atoms with Crippen LogP contribution in [-0.2, 0) is 4.79 Å². The van der Waals surface area contributed by atoms with Crippen molar-refractivity contribution in [3.05, 3.63) is 29.3 Å². The van der Waals surface area contributed by atoms with Gasteiger partial charge in [0.05, 0.1) is 11.6 Å². The highest BCUT2D eigenvalue weighted by atomic mass is 35.5. The van der Waals surface area contributed by atoms with E-state index in [2.05, 4.69) is 5.32 Å². The number of para-hydroxylation sites is 1. The molecule has 1 unspecified atom stereocenters. The second kappa shape index (κ2) is 8.77. The molecule has 0 heterocycles. The van der Waals surface area contributed by atoms with E-state index in [4.69, 9.17) is 22.1 Å². The number of nitrogens with one attached hydrogen (secondary N) is 1. The molecule has 0 spiro atoms. The van der Waals surface area contributed by atoms with Crippen LogP contribution in [0.5, 0.6) is 5.75 Å². The third-order valence-electron chi connectivity index (χ3n) is 2.72. The Morgan fingerprint density at radius 2 is 2.21 bits per heavy atom. The number of amides is 1. The van der Waals surface area contributed by atoms with Gasteiger partial charge in [0.2, 0.25) is 5.91 Å². The molecule has 106 valence electrons. The number of hydrogen-bond donors (Lipinski definition) is 2. The number of ether oxygens (including phenoxy) is 1. The third kappa shape index (κ3) is 5.94. The summed E-state index contributed by atoms with van der Waals surface area (Å²) in [6.07, 6.45) is 1.87. The van der Waals surface area contributed by atoms with Crippen molar-refractivity contribution in [1.82, 2.24) is 5.32 Å². The fourth-order valence-electron chi connectivity index (χ4n) is 1.57. The third-order valence-corrected chi connectivity index (χ3v) is 3.03. The van der Waals surface area contributed by atoms with Crippen LogP contribution >= 0.6 is 11.6 Å². The van der Waals surface area contributed by atoms with E-state index in [1.54, 1.807) is 6.07 Å². The van der Waals surface area contributed by atoms with E-state index in [9.17, 15) is 4.79 Å². The summed E-state index contributed by atoms with van der Waals surface area (Å²) in [5.41, 5.74) is 5.36. The van der Waals surface area contributed by atoms with Crippen LogP contribution in [0.25, 0.3) is 0 Å². The van der Waals surface area contributed by atoms with E-state index >= 15 is 0 Å².